The Hall–Kier alpha value is -1.28. The van der Waals surface area contributed by atoms with Crippen LogP contribution in [-0.4, -0.2) is 10.2 Å². The average Bonchev–Trinajstić information content (AvgIpc) is 2.08. The van der Waals surface area contributed by atoms with Crippen LogP contribution in [0.15, 0.2) is 30.9 Å². The Balaban J connectivity index is 3.15. The zero-order valence-electron chi connectivity index (χ0n) is 6.99. The lowest BCUT2D eigenvalue weighted by Gasteiger charge is -2.09. The Kier molecular flexibility index (Phi) is 2.51. The van der Waals surface area contributed by atoms with Gasteiger partial charge in [-0.1, -0.05) is 24.3 Å². The van der Waals surface area contributed by atoms with Crippen LogP contribution < -0.4 is 0 Å². The smallest absolute Gasteiger partial charge is 0.124 e. The molecule has 2 N–H and O–H groups in total. The fourth-order valence-corrected chi connectivity index (χ4v) is 1.05. The van der Waals surface area contributed by atoms with Crippen molar-refractivity contribution in [2.75, 3.05) is 0 Å². The van der Waals surface area contributed by atoms with Crippen molar-refractivity contribution in [2.24, 2.45) is 0 Å². The van der Waals surface area contributed by atoms with Gasteiger partial charge in [0.2, 0.25) is 0 Å². The van der Waals surface area contributed by atoms with E-state index < -0.39 is 6.10 Å². The van der Waals surface area contributed by atoms with Gasteiger partial charge in [0, 0.05) is 5.56 Å². The second kappa shape index (κ2) is 3.41. The summed E-state index contributed by atoms with van der Waals surface area (Å²) < 4.78 is 0. The van der Waals surface area contributed by atoms with E-state index in [9.17, 15) is 10.2 Å². The van der Waals surface area contributed by atoms with Crippen molar-refractivity contribution in [3.8, 4) is 5.75 Å². The SMILES string of the molecule is C=C[C@H](O)c1cccc(C)c1O. The summed E-state index contributed by atoms with van der Waals surface area (Å²) in [6.07, 6.45) is 0.596. The van der Waals surface area contributed by atoms with Gasteiger partial charge in [-0.3, -0.25) is 0 Å². The number of aromatic hydroxyl groups is 1. The third-order valence-corrected chi connectivity index (χ3v) is 1.81. The van der Waals surface area contributed by atoms with Gasteiger partial charge < -0.3 is 10.2 Å². The van der Waals surface area contributed by atoms with Crippen molar-refractivity contribution >= 4 is 0 Å². The summed E-state index contributed by atoms with van der Waals surface area (Å²) in [6.45, 7) is 5.23. The van der Waals surface area contributed by atoms with Gasteiger partial charge in [0.25, 0.3) is 0 Å². The summed E-state index contributed by atoms with van der Waals surface area (Å²) >= 11 is 0. The number of aliphatic hydroxyl groups excluding tert-OH is 1. The highest BCUT2D eigenvalue weighted by Gasteiger charge is 2.08. The average molecular weight is 164 g/mol. The maximum atomic E-state index is 9.49. The van der Waals surface area contributed by atoms with Gasteiger partial charge >= 0.3 is 0 Å². The number of para-hydroxylation sites is 1. The molecule has 0 aliphatic rings. The van der Waals surface area contributed by atoms with Crippen molar-refractivity contribution in [1.82, 2.24) is 0 Å². The fraction of sp³-hybridized carbons (Fsp3) is 0.200. The van der Waals surface area contributed by atoms with E-state index in [1.807, 2.05) is 0 Å². The van der Waals surface area contributed by atoms with Crippen LogP contribution in [-0.2, 0) is 0 Å². The molecule has 0 saturated heterocycles. The van der Waals surface area contributed by atoms with Crippen molar-refractivity contribution in [2.45, 2.75) is 13.0 Å². The number of hydrogen-bond acceptors (Lipinski definition) is 2. The van der Waals surface area contributed by atoms with Crippen molar-refractivity contribution < 1.29 is 10.2 Å². The van der Waals surface area contributed by atoms with Crippen molar-refractivity contribution in [1.29, 1.82) is 0 Å². The molecule has 0 fully saturated rings. The molecule has 0 amide bonds. The van der Waals surface area contributed by atoms with Crippen LogP contribution in [0.2, 0.25) is 0 Å². The maximum Gasteiger partial charge on any atom is 0.124 e. The molecule has 0 saturated carbocycles. The molecule has 12 heavy (non-hydrogen) atoms. The molecule has 1 atom stereocenters. The molecule has 2 heteroatoms. The normalized spacial score (nSPS) is 12.5. The number of aliphatic hydroxyl groups is 1. The summed E-state index contributed by atoms with van der Waals surface area (Å²) in [7, 11) is 0. The molecule has 64 valence electrons. The third-order valence-electron chi connectivity index (χ3n) is 1.81. The first-order valence-electron chi connectivity index (χ1n) is 3.76. The first-order chi connectivity index (χ1) is 5.66. The lowest BCUT2D eigenvalue weighted by atomic mass is 10.1. The van der Waals surface area contributed by atoms with E-state index in [0.717, 1.165) is 5.56 Å². The zero-order valence-corrected chi connectivity index (χ0v) is 6.99. The van der Waals surface area contributed by atoms with Gasteiger partial charge in [-0.25, -0.2) is 0 Å². The Morgan fingerprint density at radius 3 is 2.75 bits per heavy atom. The number of phenolic OH excluding ortho intramolecular Hbond substituents is 1. The van der Waals surface area contributed by atoms with E-state index in [2.05, 4.69) is 6.58 Å². The Morgan fingerprint density at radius 1 is 1.50 bits per heavy atom. The van der Waals surface area contributed by atoms with Crippen LogP contribution in [0.1, 0.15) is 17.2 Å². The van der Waals surface area contributed by atoms with E-state index >= 15 is 0 Å². The third kappa shape index (κ3) is 1.48. The van der Waals surface area contributed by atoms with E-state index in [4.69, 9.17) is 0 Å². The largest absolute Gasteiger partial charge is 0.507 e. The molecular weight excluding hydrogens is 152 g/mol. The molecule has 0 aliphatic heterocycles. The number of phenols is 1. The lowest BCUT2D eigenvalue weighted by molar-refractivity contribution is 0.224. The minimum Gasteiger partial charge on any atom is -0.507 e. The predicted octanol–water partition coefficient (Wildman–Crippen LogP) is 1.92. The summed E-state index contributed by atoms with van der Waals surface area (Å²) in [5.41, 5.74) is 1.26. The summed E-state index contributed by atoms with van der Waals surface area (Å²) in [5.74, 6) is 0.143. The topological polar surface area (TPSA) is 40.5 Å². The van der Waals surface area contributed by atoms with Crippen LogP contribution >= 0.6 is 0 Å². The lowest BCUT2D eigenvalue weighted by Crippen LogP contribution is -1.93. The van der Waals surface area contributed by atoms with Gasteiger partial charge in [-0.05, 0) is 12.5 Å². The first-order valence-corrected chi connectivity index (χ1v) is 3.76. The van der Waals surface area contributed by atoms with E-state index in [1.165, 1.54) is 6.08 Å². The van der Waals surface area contributed by atoms with Crippen LogP contribution in [0.25, 0.3) is 0 Å². The number of hydrogen-bond donors (Lipinski definition) is 2. The molecule has 0 radical (unpaired) electrons. The molecular formula is C10H12O2. The Labute approximate surface area is 71.8 Å². The Morgan fingerprint density at radius 2 is 2.17 bits per heavy atom. The van der Waals surface area contributed by atoms with E-state index in [-0.39, 0.29) is 5.75 Å². The van der Waals surface area contributed by atoms with Crippen molar-refractivity contribution in [3.63, 3.8) is 0 Å². The molecule has 1 aromatic rings. The monoisotopic (exact) mass is 164 g/mol. The van der Waals surface area contributed by atoms with Crippen LogP contribution in [0, 0.1) is 6.92 Å². The molecule has 0 heterocycles. The molecule has 0 bridgehead atoms. The predicted molar refractivity (Wildman–Crippen MR) is 48.0 cm³/mol. The standard InChI is InChI=1S/C10H12O2/c1-3-9(11)8-6-4-5-7(2)10(8)12/h3-6,9,11-12H,1H2,2H3/t9-/m0/s1. The van der Waals surface area contributed by atoms with Crippen LogP contribution in [0.4, 0.5) is 0 Å². The van der Waals surface area contributed by atoms with E-state index in [1.54, 1.807) is 25.1 Å². The molecule has 0 unspecified atom stereocenters. The fourth-order valence-electron chi connectivity index (χ4n) is 1.05. The first kappa shape index (κ1) is 8.81. The van der Waals surface area contributed by atoms with Gasteiger partial charge in [-0.2, -0.15) is 0 Å². The molecule has 2 nitrogen and oxygen atoms in total. The molecule has 1 rings (SSSR count). The molecule has 0 spiro atoms. The van der Waals surface area contributed by atoms with Crippen LogP contribution in [0.5, 0.6) is 5.75 Å². The highest BCUT2D eigenvalue weighted by molar-refractivity contribution is 5.41. The quantitative estimate of drug-likeness (QED) is 0.655. The van der Waals surface area contributed by atoms with Crippen LogP contribution in [0.3, 0.4) is 0 Å². The zero-order chi connectivity index (χ0) is 9.14. The summed E-state index contributed by atoms with van der Waals surface area (Å²) in [6, 6.07) is 5.25. The van der Waals surface area contributed by atoms with Gasteiger partial charge in [0.1, 0.15) is 11.9 Å². The highest BCUT2D eigenvalue weighted by atomic mass is 16.3. The molecule has 0 aliphatic carbocycles. The van der Waals surface area contributed by atoms with Gasteiger partial charge in [-0.15, -0.1) is 6.58 Å². The molecule has 1 aromatic carbocycles. The summed E-state index contributed by atoms with van der Waals surface area (Å²) in [4.78, 5) is 0. The second-order valence-corrected chi connectivity index (χ2v) is 2.69. The summed E-state index contributed by atoms with van der Waals surface area (Å²) in [5, 5.41) is 18.8. The minimum atomic E-state index is -0.787. The van der Waals surface area contributed by atoms with Gasteiger partial charge in [0.05, 0.1) is 0 Å². The van der Waals surface area contributed by atoms with Gasteiger partial charge in [0.15, 0.2) is 0 Å². The second-order valence-electron chi connectivity index (χ2n) is 2.69. The Bertz CT molecular complexity index is 292. The maximum absolute atomic E-state index is 9.49. The number of aryl methyl sites for hydroxylation is 1. The molecule has 0 aromatic heterocycles. The highest BCUT2D eigenvalue weighted by Crippen LogP contribution is 2.27. The minimum absolute atomic E-state index is 0.143. The number of rotatable bonds is 2. The van der Waals surface area contributed by atoms with E-state index in [0.29, 0.717) is 5.56 Å². The van der Waals surface area contributed by atoms with Crippen molar-refractivity contribution in [3.05, 3.63) is 42.0 Å². The number of benzene rings is 1.